The van der Waals surface area contributed by atoms with E-state index in [9.17, 15) is 9.59 Å². The second-order valence-corrected chi connectivity index (χ2v) is 7.21. The Balaban J connectivity index is 0.00000300. The molecule has 1 aliphatic rings. The van der Waals surface area contributed by atoms with Crippen molar-refractivity contribution in [1.82, 2.24) is 4.90 Å². The summed E-state index contributed by atoms with van der Waals surface area (Å²) >= 11 is 0. The predicted molar refractivity (Wildman–Crippen MR) is 118 cm³/mol. The molecule has 0 atom stereocenters. The number of anilines is 2. The molecule has 0 radical (unpaired) electrons. The van der Waals surface area contributed by atoms with E-state index < -0.39 is 0 Å². The smallest absolute Gasteiger partial charge is 0.260 e. The summed E-state index contributed by atoms with van der Waals surface area (Å²) in [5, 5.41) is 2.83. The van der Waals surface area contributed by atoms with E-state index in [0.29, 0.717) is 22.7 Å². The minimum absolute atomic E-state index is 0. The molecule has 6 nitrogen and oxygen atoms in total. The van der Waals surface area contributed by atoms with Gasteiger partial charge < -0.3 is 20.7 Å². The zero-order chi connectivity index (χ0) is 20.1. The summed E-state index contributed by atoms with van der Waals surface area (Å²) in [5.41, 5.74) is 9.14. The van der Waals surface area contributed by atoms with E-state index >= 15 is 0 Å². The van der Waals surface area contributed by atoms with Gasteiger partial charge >= 0.3 is 0 Å². The number of carbonyl (C=O) groups excluding carboxylic acids is 2. The highest BCUT2D eigenvalue weighted by atomic mass is 35.5. The maximum atomic E-state index is 12.6. The molecule has 1 saturated heterocycles. The van der Waals surface area contributed by atoms with Crippen LogP contribution in [0.15, 0.2) is 36.4 Å². The molecule has 2 aromatic rings. The summed E-state index contributed by atoms with van der Waals surface area (Å²) in [5.74, 6) is 0.432. The van der Waals surface area contributed by atoms with Gasteiger partial charge in [0.25, 0.3) is 11.8 Å². The maximum Gasteiger partial charge on any atom is 0.260 e. The lowest BCUT2D eigenvalue weighted by molar-refractivity contribution is -0.134. The van der Waals surface area contributed by atoms with Gasteiger partial charge in [0.15, 0.2) is 6.61 Å². The molecule has 0 bridgehead atoms. The fourth-order valence-corrected chi connectivity index (χ4v) is 3.48. The van der Waals surface area contributed by atoms with Crippen LogP contribution in [0.25, 0.3) is 0 Å². The van der Waals surface area contributed by atoms with Crippen LogP contribution in [0.2, 0.25) is 0 Å². The molecular weight excluding hydrogens is 390 g/mol. The van der Waals surface area contributed by atoms with Gasteiger partial charge in [0, 0.05) is 18.7 Å². The minimum atomic E-state index is -0.236. The summed E-state index contributed by atoms with van der Waals surface area (Å²) in [6, 6.07) is 10.7. The van der Waals surface area contributed by atoms with Gasteiger partial charge in [0.2, 0.25) is 0 Å². The van der Waals surface area contributed by atoms with Crippen LogP contribution in [-0.4, -0.2) is 36.4 Å². The van der Waals surface area contributed by atoms with Gasteiger partial charge in [0.05, 0.1) is 11.4 Å². The van der Waals surface area contributed by atoms with E-state index in [1.165, 1.54) is 6.42 Å². The number of amides is 2. The Morgan fingerprint density at radius 1 is 1.07 bits per heavy atom. The Labute approximate surface area is 177 Å². The molecule has 1 aliphatic heterocycles. The van der Waals surface area contributed by atoms with Crippen LogP contribution in [0.5, 0.6) is 5.75 Å². The number of nitrogen functional groups attached to an aromatic ring is 1. The number of aryl methyl sites for hydroxylation is 2. The molecule has 0 saturated carbocycles. The number of nitrogens with two attached hydrogens (primary N) is 1. The Bertz CT molecular complexity index is 856. The first kappa shape index (κ1) is 22.6. The molecule has 0 aliphatic carbocycles. The molecule has 0 aromatic heterocycles. The summed E-state index contributed by atoms with van der Waals surface area (Å²) in [4.78, 5) is 26.8. The highest BCUT2D eigenvalue weighted by molar-refractivity contribution is 6.06. The molecule has 3 N–H and O–H groups in total. The number of hydrogen-bond acceptors (Lipinski definition) is 4. The second kappa shape index (κ2) is 10.2. The Morgan fingerprint density at radius 3 is 2.31 bits per heavy atom. The van der Waals surface area contributed by atoms with Crippen molar-refractivity contribution < 1.29 is 14.3 Å². The molecule has 156 valence electrons. The number of ether oxygens (including phenoxy) is 1. The van der Waals surface area contributed by atoms with Crippen LogP contribution in [0, 0.1) is 13.8 Å². The lowest BCUT2D eigenvalue weighted by atomic mass is 10.0. The van der Waals surface area contributed by atoms with E-state index in [4.69, 9.17) is 10.5 Å². The van der Waals surface area contributed by atoms with E-state index in [2.05, 4.69) is 5.32 Å². The largest absolute Gasteiger partial charge is 0.483 e. The van der Waals surface area contributed by atoms with Gasteiger partial charge in [-0.1, -0.05) is 12.1 Å². The summed E-state index contributed by atoms with van der Waals surface area (Å²) < 4.78 is 5.81. The number of rotatable bonds is 5. The monoisotopic (exact) mass is 417 g/mol. The molecule has 1 heterocycles. The van der Waals surface area contributed by atoms with Crippen LogP contribution < -0.4 is 15.8 Å². The quantitative estimate of drug-likeness (QED) is 0.721. The number of para-hydroxylation sites is 2. The van der Waals surface area contributed by atoms with Crippen LogP contribution in [0.3, 0.4) is 0 Å². The number of nitrogens with zero attached hydrogens (tertiary/aromatic N) is 1. The predicted octanol–water partition coefficient (Wildman–Crippen LogP) is 3.95. The van der Waals surface area contributed by atoms with Crippen LogP contribution in [-0.2, 0) is 4.79 Å². The van der Waals surface area contributed by atoms with E-state index in [-0.39, 0.29) is 30.8 Å². The highest BCUT2D eigenvalue weighted by Gasteiger charge is 2.18. The Hall–Kier alpha value is -2.73. The zero-order valence-electron chi connectivity index (χ0n) is 16.9. The first-order chi connectivity index (χ1) is 13.5. The topological polar surface area (TPSA) is 84.7 Å². The standard InChI is InChI=1S/C22H27N3O3.ClH/c1-15-12-17(22(27)24-19-9-5-4-8-18(19)23)13-16(2)21(15)28-14-20(26)25-10-6-3-7-11-25;/h4-5,8-9,12-13H,3,6-7,10-11,14,23H2,1-2H3,(H,24,27);1H. The number of benzene rings is 2. The summed E-state index contributed by atoms with van der Waals surface area (Å²) in [7, 11) is 0. The van der Waals surface area contributed by atoms with Crippen molar-refractivity contribution in [2.24, 2.45) is 0 Å². The number of piperidine rings is 1. The number of hydrogen-bond donors (Lipinski definition) is 2. The molecule has 3 rings (SSSR count). The number of halogens is 1. The van der Waals surface area contributed by atoms with Crippen LogP contribution >= 0.6 is 12.4 Å². The van der Waals surface area contributed by atoms with Crippen molar-refractivity contribution >= 4 is 35.6 Å². The van der Waals surface area contributed by atoms with Gasteiger partial charge in [0.1, 0.15) is 5.75 Å². The van der Waals surface area contributed by atoms with Gasteiger partial charge in [-0.2, -0.15) is 0 Å². The lowest BCUT2D eigenvalue weighted by Crippen LogP contribution is -2.38. The third-order valence-corrected chi connectivity index (χ3v) is 4.98. The highest BCUT2D eigenvalue weighted by Crippen LogP contribution is 2.26. The van der Waals surface area contributed by atoms with Gasteiger partial charge in [-0.25, -0.2) is 0 Å². The molecule has 0 spiro atoms. The summed E-state index contributed by atoms with van der Waals surface area (Å²) in [6.07, 6.45) is 3.29. The van der Waals surface area contributed by atoms with Gasteiger partial charge in [-0.3, -0.25) is 9.59 Å². The van der Waals surface area contributed by atoms with Crippen molar-refractivity contribution in [2.75, 3.05) is 30.7 Å². The first-order valence-corrected chi connectivity index (χ1v) is 9.63. The lowest BCUT2D eigenvalue weighted by Gasteiger charge is -2.26. The third kappa shape index (κ3) is 5.64. The maximum absolute atomic E-state index is 12.6. The van der Waals surface area contributed by atoms with E-state index in [1.54, 1.807) is 24.3 Å². The Kier molecular flexibility index (Phi) is 7.91. The van der Waals surface area contributed by atoms with Gasteiger partial charge in [-0.15, -0.1) is 12.4 Å². The number of carbonyl (C=O) groups is 2. The molecule has 0 unspecified atom stereocenters. The van der Waals surface area contributed by atoms with E-state index in [1.807, 2.05) is 30.9 Å². The van der Waals surface area contributed by atoms with Crippen molar-refractivity contribution in [3.63, 3.8) is 0 Å². The van der Waals surface area contributed by atoms with Crippen molar-refractivity contribution in [3.05, 3.63) is 53.1 Å². The van der Waals surface area contributed by atoms with Crippen LogP contribution in [0.4, 0.5) is 11.4 Å². The normalized spacial score (nSPS) is 13.4. The van der Waals surface area contributed by atoms with Crippen molar-refractivity contribution in [3.8, 4) is 5.75 Å². The van der Waals surface area contributed by atoms with Crippen LogP contribution in [0.1, 0.15) is 40.7 Å². The fourth-order valence-electron chi connectivity index (χ4n) is 3.48. The number of likely N-dealkylation sites (tertiary alicyclic amines) is 1. The third-order valence-electron chi connectivity index (χ3n) is 4.98. The molecule has 29 heavy (non-hydrogen) atoms. The average Bonchev–Trinajstić information content (AvgIpc) is 2.69. The number of nitrogens with one attached hydrogen (secondary N) is 1. The molecule has 7 heteroatoms. The van der Waals surface area contributed by atoms with E-state index in [0.717, 1.165) is 37.1 Å². The SMILES string of the molecule is Cc1cc(C(=O)Nc2ccccc2N)cc(C)c1OCC(=O)N1CCCCC1.Cl. The van der Waals surface area contributed by atoms with Gasteiger partial charge in [-0.05, 0) is 68.5 Å². The average molecular weight is 418 g/mol. The summed E-state index contributed by atoms with van der Waals surface area (Å²) in [6.45, 7) is 5.39. The van der Waals surface area contributed by atoms with Crippen molar-refractivity contribution in [2.45, 2.75) is 33.1 Å². The first-order valence-electron chi connectivity index (χ1n) is 9.63. The Morgan fingerprint density at radius 2 is 1.69 bits per heavy atom. The molecule has 2 amide bonds. The zero-order valence-corrected chi connectivity index (χ0v) is 17.7. The second-order valence-electron chi connectivity index (χ2n) is 7.21. The molecule has 1 fully saturated rings. The molecule has 2 aromatic carbocycles. The fraction of sp³-hybridized carbons (Fsp3) is 0.364. The molecular formula is C22H28ClN3O3. The minimum Gasteiger partial charge on any atom is -0.483 e. The van der Waals surface area contributed by atoms with Crippen molar-refractivity contribution in [1.29, 1.82) is 0 Å².